The molecule has 0 fully saturated rings. The molecule has 0 radical (unpaired) electrons. The van der Waals surface area contributed by atoms with Crippen molar-refractivity contribution in [2.75, 3.05) is 7.11 Å². The molecular formula is C9H13O2P. The zero-order chi connectivity index (χ0) is 9.14. The Morgan fingerprint density at radius 3 is 2.58 bits per heavy atom. The summed E-state index contributed by atoms with van der Waals surface area (Å²) >= 11 is 0. The molecule has 0 aliphatic carbocycles. The summed E-state index contributed by atoms with van der Waals surface area (Å²) in [5.41, 5.74) is 2.23. The summed E-state index contributed by atoms with van der Waals surface area (Å²) in [6, 6.07) is 5.76. The van der Waals surface area contributed by atoms with E-state index in [2.05, 4.69) is 0 Å². The van der Waals surface area contributed by atoms with Crippen molar-refractivity contribution in [1.82, 2.24) is 0 Å². The fraction of sp³-hybridized carbons (Fsp3) is 0.333. The highest BCUT2D eigenvalue weighted by Crippen LogP contribution is 2.22. The maximum absolute atomic E-state index is 11.3. The van der Waals surface area contributed by atoms with Gasteiger partial charge in [-0.3, -0.25) is 4.57 Å². The summed E-state index contributed by atoms with van der Waals surface area (Å²) in [5.74, 6) is 0. The van der Waals surface area contributed by atoms with E-state index in [1.54, 1.807) is 0 Å². The zero-order valence-electron chi connectivity index (χ0n) is 7.55. The van der Waals surface area contributed by atoms with Crippen molar-refractivity contribution < 1.29 is 9.09 Å². The topological polar surface area (TPSA) is 26.3 Å². The Morgan fingerprint density at radius 2 is 2.00 bits per heavy atom. The lowest BCUT2D eigenvalue weighted by atomic mass is 10.1. The monoisotopic (exact) mass is 184 g/mol. The summed E-state index contributed by atoms with van der Waals surface area (Å²) in [7, 11) is -0.533. The minimum absolute atomic E-state index is 0.836. The van der Waals surface area contributed by atoms with Gasteiger partial charge in [0.15, 0.2) is 0 Å². The molecule has 1 unspecified atom stereocenters. The molecule has 0 amide bonds. The van der Waals surface area contributed by atoms with E-state index in [-0.39, 0.29) is 0 Å². The van der Waals surface area contributed by atoms with Gasteiger partial charge in [0.2, 0.25) is 8.03 Å². The molecule has 1 atom stereocenters. The minimum atomic E-state index is -2.01. The van der Waals surface area contributed by atoms with Crippen molar-refractivity contribution >= 4 is 13.3 Å². The first-order chi connectivity index (χ1) is 5.66. The molecule has 2 nitrogen and oxygen atoms in total. The second-order valence-corrected chi connectivity index (χ2v) is 4.26. The van der Waals surface area contributed by atoms with Crippen LogP contribution in [0.3, 0.4) is 0 Å². The highest BCUT2D eigenvalue weighted by molar-refractivity contribution is 7.48. The van der Waals surface area contributed by atoms with Crippen LogP contribution in [0.2, 0.25) is 0 Å². The van der Waals surface area contributed by atoms with E-state index in [9.17, 15) is 4.57 Å². The second kappa shape index (κ2) is 3.88. The van der Waals surface area contributed by atoms with E-state index >= 15 is 0 Å². The van der Waals surface area contributed by atoms with Crippen LogP contribution in [0.1, 0.15) is 11.1 Å². The van der Waals surface area contributed by atoms with E-state index < -0.39 is 8.03 Å². The van der Waals surface area contributed by atoms with Gasteiger partial charge in [0, 0.05) is 12.4 Å². The highest BCUT2D eigenvalue weighted by Gasteiger charge is 2.06. The van der Waals surface area contributed by atoms with Gasteiger partial charge in [-0.1, -0.05) is 12.1 Å². The maximum Gasteiger partial charge on any atom is 0.220 e. The molecule has 0 N–H and O–H groups in total. The van der Waals surface area contributed by atoms with Crippen LogP contribution in [-0.2, 0) is 9.09 Å². The van der Waals surface area contributed by atoms with E-state index in [4.69, 9.17) is 4.52 Å². The molecule has 1 aromatic carbocycles. The molecule has 0 bridgehead atoms. The Morgan fingerprint density at radius 1 is 1.33 bits per heavy atom. The van der Waals surface area contributed by atoms with Crippen molar-refractivity contribution in [3.05, 3.63) is 29.3 Å². The van der Waals surface area contributed by atoms with Gasteiger partial charge in [-0.2, -0.15) is 0 Å². The first-order valence-electron chi connectivity index (χ1n) is 3.81. The number of hydrogen-bond acceptors (Lipinski definition) is 2. The molecule has 3 heteroatoms. The number of aryl methyl sites for hydroxylation is 1. The number of hydrogen-bond donors (Lipinski definition) is 0. The molecule has 66 valence electrons. The van der Waals surface area contributed by atoms with Crippen molar-refractivity contribution in [1.29, 1.82) is 0 Å². The third-order valence-electron chi connectivity index (χ3n) is 2.01. The largest absolute Gasteiger partial charge is 0.331 e. The Balaban J connectivity index is 3.16. The molecule has 0 aromatic heterocycles. The van der Waals surface area contributed by atoms with Crippen LogP contribution < -0.4 is 5.30 Å². The van der Waals surface area contributed by atoms with Crippen molar-refractivity contribution in [2.45, 2.75) is 13.8 Å². The fourth-order valence-corrected chi connectivity index (χ4v) is 2.04. The van der Waals surface area contributed by atoms with Gasteiger partial charge in [-0.05, 0) is 31.0 Å². The Bertz CT molecular complexity index is 307. The molecule has 0 heterocycles. The molecular weight excluding hydrogens is 171 g/mol. The van der Waals surface area contributed by atoms with E-state index in [0.29, 0.717) is 0 Å². The molecule has 1 aromatic rings. The molecule has 0 aliphatic heterocycles. The average molecular weight is 184 g/mol. The van der Waals surface area contributed by atoms with E-state index in [1.165, 1.54) is 7.11 Å². The fourth-order valence-electron chi connectivity index (χ4n) is 1.08. The molecule has 12 heavy (non-hydrogen) atoms. The highest BCUT2D eigenvalue weighted by atomic mass is 31.1. The van der Waals surface area contributed by atoms with Gasteiger partial charge >= 0.3 is 0 Å². The second-order valence-electron chi connectivity index (χ2n) is 2.74. The smallest absolute Gasteiger partial charge is 0.220 e. The van der Waals surface area contributed by atoms with Gasteiger partial charge in [-0.25, -0.2) is 0 Å². The van der Waals surface area contributed by atoms with Crippen molar-refractivity contribution in [3.63, 3.8) is 0 Å². The van der Waals surface area contributed by atoms with Gasteiger partial charge in [-0.15, -0.1) is 0 Å². The third-order valence-corrected chi connectivity index (χ3v) is 3.36. The molecule has 1 rings (SSSR count). The van der Waals surface area contributed by atoms with Crippen molar-refractivity contribution in [2.24, 2.45) is 0 Å². The van der Waals surface area contributed by atoms with Crippen LogP contribution >= 0.6 is 8.03 Å². The summed E-state index contributed by atoms with van der Waals surface area (Å²) in [4.78, 5) is 0. The molecule has 0 aliphatic rings. The van der Waals surface area contributed by atoms with Crippen LogP contribution in [0.15, 0.2) is 18.2 Å². The normalized spacial score (nSPS) is 12.9. The SMILES string of the molecule is CO[PH](=O)c1cccc(C)c1C. The zero-order valence-corrected chi connectivity index (χ0v) is 8.55. The van der Waals surface area contributed by atoms with Gasteiger partial charge < -0.3 is 4.52 Å². The minimum Gasteiger partial charge on any atom is -0.331 e. The Kier molecular flexibility index (Phi) is 3.07. The van der Waals surface area contributed by atoms with Gasteiger partial charge in [0.1, 0.15) is 0 Å². The predicted octanol–water partition coefficient (Wildman–Crippen LogP) is 2.05. The standard InChI is InChI=1S/C9H13O2P/c1-7-5-4-6-9(8(7)2)12(10)11-3/h4-6,12H,1-3H3. The lowest BCUT2D eigenvalue weighted by Crippen LogP contribution is -2.03. The lowest BCUT2D eigenvalue weighted by molar-refractivity contribution is 0.423. The van der Waals surface area contributed by atoms with Crippen LogP contribution in [0.25, 0.3) is 0 Å². The Labute approximate surface area is 73.4 Å². The summed E-state index contributed by atoms with van der Waals surface area (Å²) < 4.78 is 16.2. The first kappa shape index (κ1) is 9.50. The molecule has 0 saturated heterocycles. The first-order valence-corrected chi connectivity index (χ1v) is 5.13. The van der Waals surface area contributed by atoms with E-state index in [0.717, 1.165) is 16.4 Å². The number of benzene rings is 1. The average Bonchev–Trinajstić information content (AvgIpc) is 2.08. The van der Waals surface area contributed by atoms with Crippen LogP contribution in [-0.4, -0.2) is 7.11 Å². The van der Waals surface area contributed by atoms with Crippen molar-refractivity contribution in [3.8, 4) is 0 Å². The quantitative estimate of drug-likeness (QED) is 0.657. The molecule has 0 spiro atoms. The summed E-state index contributed by atoms with van der Waals surface area (Å²) in [5, 5.41) is 0.836. The third kappa shape index (κ3) is 1.77. The van der Waals surface area contributed by atoms with Crippen LogP contribution in [0.4, 0.5) is 0 Å². The van der Waals surface area contributed by atoms with Gasteiger partial charge in [0.05, 0.1) is 0 Å². The number of rotatable bonds is 2. The predicted molar refractivity (Wildman–Crippen MR) is 51.6 cm³/mol. The van der Waals surface area contributed by atoms with Crippen LogP contribution in [0.5, 0.6) is 0 Å². The summed E-state index contributed by atoms with van der Waals surface area (Å²) in [6.45, 7) is 3.97. The lowest BCUT2D eigenvalue weighted by Gasteiger charge is -2.06. The van der Waals surface area contributed by atoms with E-state index in [1.807, 2.05) is 32.0 Å². The van der Waals surface area contributed by atoms with Gasteiger partial charge in [0.25, 0.3) is 0 Å². The van der Waals surface area contributed by atoms with Crippen LogP contribution in [0, 0.1) is 13.8 Å². The Hall–Kier alpha value is -0.590. The summed E-state index contributed by atoms with van der Waals surface area (Å²) in [6.07, 6.45) is 0. The molecule has 0 saturated carbocycles. The maximum atomic E-state index is 11.3.